The Kier molecular flexibility index (Phi) is 4.29. The molecular weight excluding hydrogens is 278 g/mol. The second-order valence-corrected chi connectivity index (χ2v) is 4.95. The molecule has 0 unspecified atom stereocenters. The van der Waals surface area contributed by atoms with E-state index in [0.717, 1.165) is 16.9 Å². The SMILES string of the molecule is Cc1ccc(COc2ccc(C[N-]c3nn[nH]n3)cc2)cc1. The number of H-pyrrole nitrogens is 1. The molecule has 1 N–H and O–H groups in total. The molecule has 0 aliphatic heterocycles. The van der Waals surface area contributed by atoms with Crippen LogP contribution in [0, 0.1) is 6.92 Å². The van der Waals surface area contributed by atoms with E-state index in [4.69, 9.17) is 4.74 Å². The van der Waals surface area contributed by atoms with Crippen LogP contribution in [0.3, 0.4) is 0 Å². The number of aryl methyl sites for hydroxylation is 1. The van der Waals surface area contributed by atoms with E-state index in [9.17, 15) is 0 Å². The van der Waals surface area contributed by atoms with Gasteiger partial charge in [0.25, 0.3) is 0 Å². The van der Waals surface area contributed by atoms with Gasteiger partial charge in [0.15, 0.2) is 0 Å². The predicted octanol–water partition coefficient (Wildman–Crippen LogP) is 3.29. The molecule has 112 valence electrons. The molecule has 0 atom stereocenters. The number of ether oxygens (including phenoxy) is 1. The van der Waals surface area contributed by atoms with Crippen molar-refractivity contribution in [3.05, 3.63) is 70.5 Å². The molecule has 6 heteroatoms. The van der Waals surface area contributed by atoms with E-state index in [-0.39, 0.29) is 0 Å². The zero-order valence-electron chi connectivity index (χ0n) is 12.2. The Bertz CT molecular complexity index is 692. The highest BCUT2D eigenvalue weighted by atomic mass is 16.5. The molecular formula is C16H16N5O-. The summed E-state index contributed by atoms with van der Waals surface area (Å²) in [6, 6.07) is 16.2. The van der Waals surface area contributed by atoms with Gasteiger partial charge in [-0.15, -0.1) is 5.21 Å². The highest BCUT2D eigenvalue weighted by molar-refractivity contribution is 5.34. The molecule has 22 heavy (non-hydrogen) atoms. The monoisotopic (exact) mass is 294 g/mol. The number of nitrogens with one attached hydrogen (secondary N) is 1. The van der Waals surface area contributed by atoms with Gasteiger partial charge >= 0.3 is 0 Å². The first-order valence-corrected chi connectivity index (χ1v) is 6.98. The number of tetrazole rings is 1. The molecule has 0 aliphatic rings. The fourth-order valence-electron chi connectivity index (χ4n) is 1.93. The minimum absolute atomic E-state index is 0.361. The van der Waals surface area contributed by atoms with Crippen LogP contribution >= 0.6 is 0 Å². The van der Waals surface area contributed by atoms with Crippen LogP contribution in [0.1, 0.15) is 16.7 Å². The van der Waals surface area contributed by atoms with Gasteiger partial charge < -0.3 is 10.1 Å². The zero-order chi connectivity index (χ0) is 15.2. The summed E-state index contributed by atoms with van der Waals surface area (Å²) >= 11 is 0. The molecule has 0 amide bonds. The molecule has 3 rings (SSSR count). The first kappa shape index (κ1) is 14.1. The van der Waals surface area contributed by atoms with Gasteiger partial charge in [-0.1, -0.05) is 42.0 Å². The lowest BCUT2D eigenvalue weighted by molar-refractivity contribution is 0.306. The number of hydrogen-bond acceptors (Lipinski definition) is 4. The second-order valence-electron chi connectivity index (χ2n) is 4.95. The fourth-order valence-corrected chi connectivity index (χ4v) is 1.93. The lowest BCUT2D eigenvalue weighted by Gasteiger charge is -2.09. The zero-order valence-corrected chi connectivity index (χ0v) is 12.2. The molecule has 0 spiro atoms. The van der Waals surface area contributed by atoms with E-state index in [1.54, 1.807) is 0 Å². The van der Waals surface area contributed by atoms with Crippen LogP contribution in [0.15, 0.2) is 48.5 Å². The summed E-state index contributed by atoms with van der Waals surface area (Å²) in [6.45, 7) is 3.15. The van der Waals surface area contributed by atoms with Crippen LogP contribution in [0.25, 0.3) is 5.32 Å². The average molecular weight is 294 g/mol. The molecule has 0 bridgehead atoms. The minimum Gasteiger partial charge on any atom is -0.489 e. The molecule has 6 nitrogen and oxygen atoms in total. The van der Waals surface area contributed by atoms with Crippen molar-refractivity contribution >= 4 is 5.95 Å². The van der Waals surface area contributed by atoms with Crippen molar-refractivity contribution in [3.63, 3.8) is 0 Å². The molecule has 0 saturated heterocycles. The molecule has 1 heterocycles. The number of rotatable bonds is 6. The van der Waals surface area contributed by atoms with Crippen molar-refractivity contribution in [1.29, 1.82) is 0 Å². The van der Waals surface area contributed by atoms with E-state index in [1.165, 1.54) is 5.56 Å². The smallest absolute Gasteiger partial charge is 0.119 e. The van der Waals surface area contributed by atoms with Crippen LogP contribution in [-0.4, -0.2) is 20.6 Å². The Morgan fingerprint density at radius 1 is 1.00 bits per heavy atom. The maximum Gasteiger partial charge on any atom is 0.119 e. The number of hydrogen-bond donors (Lipinski definition) is 1. The van der Waals surface area contributed by atoms with Gasteiger partial charge in [0.05, 0.1) is 5.95 Å². The first-order valence-electron chi connectivity index (χ1n) is 6.98. The van der Waals surface area contributed by atoms with Crippen molar-refractivity contribution in [2.24, 2.45) is 0 Å². The molecule has 2 aromatic carbocycles. The van der Waals surface area contributed by atoms with Crippen molar-refractivity contribution < 1.29 is 4.74 Å². The van der Waals surface area contributed by atoms with Gasteiger partial charge in [0, 0.05) is 6.54 Å². The molecule has 3 aromatic rings. The highest BCUT2D eigenvalue weighted by Crippen LogP contribution is 2.18. The highest BCUT2D eigenvalue weighted by Gasteiger charge is 1.97. The van der Waals surface area contributed by atoms with E-state index in [0.29, 0.717) is 19.1 Å². The summed E-state index contributed by atoms with van der Waals surface area (Å²) in [6.07, 6.45) is 0. The number of nitrogens with zero attached hydrogens (tertiary/aromatic N) is 4. The Morgan fingerprint density at radius 3 is 2.41 bits per heavy atom. The Labute approximate surface area is 128 Å². The summed E-state index contributed by atoms with van der Waals surface area (Å²) in [4.78, 5) is 0. The molecule has 0 radical (unpaired) electrons. The summed E-state index contributed by atoms with van der Waals surface area (Å²) in [5.74, 6) is 1.20. The lowest BCUT2D eigenvalue weighted by Crippen LogP contribution is -1.95. The largest absolute Gasteiger partial charge is 0.489 e. The Morgan fingerprint density at radius 2 is 1.73 bits per heavy atom. The molecule has 0 fully saturated rings. The first-order chi connectivity index (χ1) is 10.8. The lowest BCUT2D eigenvalue weighted by atomic mass is 10.2. The molecule has 0 aliphatic carbocycles. The van der Waals surface area contributed by atoms with Crippen molar-refractivity contribution in [2.75, 3.05) is 0 Å². The topological polar surface area (TPSA) is 77.8 Å². The van der Waals surface area contributed by atoms with Crippen molar-refractivity contribution in [2.45, 2.75) is 20.1 Å². The van der Waals surface area contributed by atoms with Gasteiger partial charge in [-0.25, -0.2) is 0 Å². The van der Waals surface area contributed by atoms with Crippen LogP contribution in [-0.2, 0) is 13.2 Å². The Hall–Kier alpha value is -2.89. The van der Waals surface area contributed by atoms with Gasteiger partial charge in [-0.3, -0.25) is 15.4 Å². The van der Waals surface area contributed by atoms with Gasteiger partial charge in [0.2, 0.25) is 0 Å². The molecule has 1 aromatic heterocycles. The van der Waals surface area contributed by atoms with Crippen LogP contribution < -0.4 is 4.74 Å². The van der Waals surface area contributed by atoms with Crippen LogP contribution in [0.2, 0.25) is 0 Å². The standard InChI is InChI=1S/C16H16N5O/c1-12-2-4-14(5-3-12)11-22-15-8-6-13(7-9-15)10-17-16-18-20-21-19-16/h2-9H,10-11H2,1H3,(H-,17,18,19,20,21)/q-1. The van der Waals surface area contributed by atoms with E-state index in [2.05, 4.69) is 57.1 Å². The van der Waals surface area contributed by atoms with Gasteiger partial charge in [-0.2, -0.15) is 0 Å². The second kappa shape index (κ2) is 6.71. The molecule has 0 saturated carbocycles. The maximum atomic E-state index is 5.77. The quantitative estimate of drug-likeness (QED) is 0.756. The normalized spacial score (nSPS) is 10.4. The summed E-state index contributed by atoms with van der Waals surface area (Å²) in [5.41, 5.74) is 3.47. The summed E-state index contributed by atoms with van der Waals surface area (Å²) in [7, 11) is 0. The summed E-state index contributed by atoms with van der Waals surface area (Å²) < 4.78 is 5.77. The maximum absolute atomic E-state index is 5.77. The number of benzene rings is 2. The number of aromatic amines is 1. The van der Waals surface area contributed by atoms with Gasteiger partial charge in [0.1, 0.15) is 12.4 Å². The summed E-state index contributed by atoms with van der Waals surface area (Å²) in [5, 5.41) is 17.6. The average Bonchev–Trinajstić information content (AvgIpc) is 3.07. The third-order valence-electron chi connectivity index (χ3n) is 3.19. The van der Waals surface area contributed by atoms with Gasteiger partial charge in [-0.05, 0) is 30.2 Å². The van der Waals surface area contributed by atoms with Crippen LogP contribution in [0.5, 0.6) is 5.75 Å². The van der Waals surface area contributed by atoms with E-state index >= 15 is 0 Å². The third kappa shape index (κ3) is 3.82. The fraction of sp³-hybridized carbons (Fsp3) is 0.188. The number of aromatic nitrogens is 4. The predicted molar refractivity (Wildman–Crippen MR) is 82.9 cm³/mol. The third-order valence-corrected chi connectivity index (χ3v) is 3.19. The Balaban J connectivity index is 1.51. The van der Waals surface area contributed by atoms with Crippen molar-refractivity contribution in [1.82, 2.24) is 20.6 Å². The van der Waals surface area contributed by atoms with E-state index < -0.39 is 0 Å². The van der Waals surface area contributed by atoms with Crippen LogP contribution in [0.4, 0.5) is 5.95 Å². The van der Waals surface area contributed by atoms with E-state index in [1.807, 2.05) is 24.3 Å². The minimum atomic E-state index is 0.361. The van der Waals surface area contributed by atoms with Crippen molar-refractivity contribution in [3.8, 4) is 5.75 Å².